The van der Waals surface area contributed by atoms with Crippen LogP contribution in [-0.4, -0.2) is 16.9 Å². The number of alkyl halides is 1. The maximum atomic E-state index is 11.7. The van der Waals surface area contributed by atoms with Gasteiger partial charge in [0.15, 0.2) is 0 Å². The van der Waals surface area contributed by atoms with Crippen LogP contribution in [0.4, 0.5) is 0 Å². The van der Waals surface area contributed by atoms with Crippen molar-refractivity contribution in [1.29, 1.82) is 0 Å². The highest BCUT2D eigenvalue weighted by Gasteiger charge is 2.64. The van der Waals surface area contributed by atoms with Crippen LogP contribution in [0.15, 0.2) is 66.7 Å². The number of halogens is 1. The third kappa shape index (κ3) is 5.11. The molecule has 0 aromatic heterocycles. The van der Waals surface area contributed by atoms with Crippen LogP contribution in [0.2, 0.25) is 0 Å². The lowest BCUT2D eigenvalue weighted by Crippen LogP contribution is -2.60. The highest BCUT2D eigenvalue weighted by Crippen LogP contribution is 2.70. The first-order valence-electron chi connectivity index (χ1n) is 16.3. The Morgan fingerprint density at radius 1 is 0.902 bits per heavy atom. The molecule has 0 N–H and O–H groups in total. The second kappa shape index (κ2) is 11.2. The van der Waals surface area contributed by atoms with Crippen molar-refractivity contribution < 1.29 is 9.53 Å². The van der Waals surface area contributed by atoms with Gasteiger partial charge < -0.3 is 4.74 Å². The normalized spacial score (nSPS) is 38.6. The number of carbonyl (C=O) groups is 1. The van der Waals surface area contributed by atoms with Gasteiger partial charge in [0.05, 0.1) is 4.87 Å². The Balaban J connectivity index is 1.19. The topological polar surface area (TPSA) is 26.3 Å². The average molecular weight is 573 g/mol. The first-order valence-corrected chi connectivity index (χ1v) is 16.7. The maximum Gasteiger partial charge on any atom is 0.302 e. The minimum absolute atomic E-state index is 0.00934. The number of fused-ring (bicyclic) bond motifs is 5. The number of carbonyl (C=O) groups excluding carboxylic acids is 1. The summed E-state index contributed by atoms with van der Waals surface area (Å²) in [4.78, 5) is 11.5. The van der Waals surface area contributed by atoms with Crippen LogP contribution in [0.25, 0.3) is 5.57 Å². The predicted molar refractivity (Wildman–Crippen MR) is 170 cm³/mol. The van der Waals surface area contributed by atoms with Crippen LogP contribution in [-0.2, 0) is 9.53 Å². The molecular weight excluding hydrogens is 524 g/mol. The zero-order valence-corrected chi connectivity index (χ0v) is 26.3. The highest BCUT2D eigenvalue weighted by atomic mass is 35.5. The van der Waals surface area contributed by atoms with E-state index in [0.29, 0.717) is 17.3 Å². The van der Waals surface area contributed by atoms with Crippen molar-refractivity contribution in [2.24, 2.45) is 40.4 Å². The molecule has 2 aromatic rings. The van der Waals surface area contributed by atoms with E-state index in [-0.39, 0.29) is 22.4 Å². The molecule has 0 aliphatic heterocycles. The Morgan fingerprint density at radius 2 is 1.56 bits per heavy atom. The third-order valence-corrected chi connectivity index (χ3v) is 13.4. The molecule has 220 valence electrons. The minimum Gasteiger partial charge on any atom is -0.462 e. The van der Waals surface area contributed by atoms with Crippen molar-refractivity contribution in [2.45, 2.75) is 103 Å². The number of hydrogen-bond donors (Lipinski definition) is 0. The van der Waals surface area contributed by atoms with Gasteiger partial charge in [0.25, 0.3) is 0 Å². The van der Waals surface area contributed by atoms with Crippen LogP contribution in [0.5, 0.6) is 0 Å². The molecule has 0 radical (unpaired) electrons. The Bertz CT molecular complexity index is 1210. The van der Waals surface area contributed by atoms with Gasteiger partial charge in [-0.05, 0) is 115 Å². The largest absolute Gasteiger partial charge is 0.462 e. The van der Waals surface area contributed by atoms with Gasteiger partial charge >= 0.3 is 5.97 Å². The maximum absolute atomic E-state index is 11.7. The SMILES string of the molecule is CC(=O)O[C@@H]1CC[C@]2(C)[C@@H]3CC[C@@]4(C)[C@@H](CC[C@H]4[C@H](C)CC=C(c4ccccc4)c4ccccc4)[C@H]3CC[C@@]2(Cl)C1. The van der Waals surface area contributed by atoms with Gasteiger partial charge in [-0.1, -0.05) is 87.5 Å². The van der Waals surface area contributed by atoms with Gasteiger partial charge in [-0.2, -0.15) is 0 Å². The molecule has 4 fully saturated rings. The summed E-state index contributed by atoms with van der Waals surface area (Å²) in [7, 11) is 0. The molecule has 0 spiro atoms. The van der Waals surface area contributed by atoms with Gasteiger partial charge in [0, 0.05) is 13.3 Å². The Kier molecular flexibility index (Phi) is 7.94. The van der Waals surface area contributed by atoms with Crippen molar-refractivity contribution in [3.63, 3.8) is 0 Å². The average Bonchev–Trinajstić information content (AvgIpc) is 3.32. The second-order valence-corrected chi connectivity index (χ2v) is 15.3. The summed E-state index contributed by atoms with van der Waals surface area (Å²) in [5, 5.41) is 0. The lowest BCUT2D eigenvalue weighted by atomic mass is 9.44. The van der Waals surface area contributed by atoms with Crippen LogP contribution in [0, 0.1) is 40.4 Å². The quantitative estimate of drug-likeness (QED) is 0.254. The number of allylic oxidation sites excluding steroid dienone is 1. The molecule has 2 aromatic carbocycles. The van der Waals surface area contributed by atoms with Gasteiger partial charge in [-0.15, -0.1) is 11.6 Å². The van der Waals surface area contributed by atoms with Crippen LogP contribution < -0.4 is 0 Å². The van der Waals surface area contributed by atoms with Crippen molar-refractivity contribution >= 4 is 23.1 Å². The molecule has 4 aliphatic carbocycles. The molecule has 0 unspecified atom stereocenters. The third-order valence-electron chi connectivity index (χ3n) is 12.6. The summed E-state index contributed by atoms with van der Waals surface area (Å²) in [6, 6.07) is 21.8. The number of esters is 1. The zero-order valence-electron chi connectivity index (χ0n) is 25.6. The number of hydrogen-bond acceptors (Lipinski definition) is 2. The fraction of sp³-hybridized carbons (Fsp3) is 0.605. The molecular formula is C38H49ClO2. The number of rotatable bonds is 6. The van der Waals surface area contributed by atoms with E-state index in [1.54, 1.807) is 0 Å². The molecule has 0 heterocycles. The van der Waals surface area contributed by atoms with E-state index < -0.39 is 0 Å². The molecule has 4 saturated carbocycles. The van der Waals surface area contributed by atoms with E-state index in [0.717, 1.165) is 49.9 Å². The van der Waals surface area contributed by atoms with Crippen molar-refractivity contribution in [1.82, 2.24) is 0 Å². The molecule has 0 saturated heterocycles. The predicted octanol–water partition coefficient (Wildman–Crippen LogP) is 10.1. The summed E-state index contributed by atoms with van der Waals surface area (Å²) in [5.41, 5.74) is 4.55. The molecule has 3 heteroatoms. The van der Waals surface area contributed by atoms with E-state index in [1.807, 2.05) is 0 Å². The van der Waals surface area contributed by atoms with Gasteiger partial charge in [-0.3, -0.25) is 4.79 Å². The van der Waals surface area contributed by atoms with E-state index in [1.165, 1.54) is 55.7 Å². The first-order chi connectivity index (χ1) is 19.6. The van der Waals surface area contributed by atoms with Crippen molar-refractivity contribution in [3.8, 4) is 0 Å². The fourth-order valence-electron chi connectivity index (χ4n) is 10.6. The summed E-state index contributed by atoms with van der Waals surface area (Å²) < 4.78 is 5.68. The molecule has 41 heavy (non-hydrogen) atoms. The monoisotopic (exact) mass is 572 g/mol. The second-order valence-electron chi connectivity index (χ2n) is 14.6. The molecule has 0 bridgehead atoms. The van der Waals surface area contributed by atoms with Gasteiger partial charge in [-0.25, -0.2) is 0 Å². The molecule has 0 amide bonds. The zero-order chi connectivity index (χ0) is 28.8. The summed E-state index contributed by atoms with van der Waals surface area (Å²) >= 11 is 7.55. The molecule has 9 atom stereocenters. The lowest BCUT2D eigenvalue weighted by Gasteiger charge is -2.64. The molecule has 6 rings (SSSR count). The summed E-state index contributed by atoms with van der Waals surface area (Å²) in [6.07, 6.45) is 14.2. The number of ether oxygens (including phenoxy) is 1. The number of benzene rings is 2. The Morgan fingerprint density at radius 3 is 2.20 bits per heavy atom. The minimum atomic E-state index is -0.234. The fourth-order valence-corrected chi connectivity index (χ4v) is 11.1. The Hall–Kier alpha value is -2.06. The molecule has 4 aliphatic rings. The van der Waals surface area contributed by atoms with Gasteiger partial charge in [0.1, 0.15) is 6.10 Å². The van der Waals surface area contributed by atoms with Gasteiger partial charge in [0.2, 0.25) is 0 Å². The van der Waals surface area contributed by atoms with E-state index in [4.69, 9.17) is 16.3 Å². The Labute approximate surface area is 253 Å². The summed E-state index contributed by atoms with van der Waals surface area (Å²) in [6.45, 7) is 9.21. The highest BCUT2D eigenvalue weighted by molar-refractivity contribution is 6.24. The van der Waals surface area contributed by atoms with Crippen molar-refractivity contribution in [3.05, 3.63) is 77.9 Å². The van der Waals surface area contributed by atoms with E-state index in [9.17, 15) is 4.79 Å². The van der Waals surface area contributed by atoms with Crippen LogP contribution >= 0.6 is 11.6 Å². The van der Waals surface area contributed by atoms with Crippen LogP contribution in [0.3, 0.4) is 0 Å². The van der Waals surface area contributed by atoms with Crippen LogP contribution in [0.1, 0.15) is 103 Å². The standard InChI is InChI=1S/C38H49ClO2/c1-26(15-16-31(28-11-7-5-8-12-28)29-13-9-6-10-14-29)33-17-18-34-32-20-24-38(39)25-30(41-27(2)40)19-23-37(38,4)35(32)21-22-36(33,34)3/h5-14,16,26,30,32-35H,15,17-25H2,1-4H3/t26-,30-,32-,33+,34+,35-,36-,37-,38-/m1/s1. The summed E-state index contributed by atoms with van der Waals surface area (Å²) in [5.74, 6) is 3.56. The van der Waals surface area contributed by atoms with Crippen molar-refractivity contribution in [2.75, 3.05) is 0 Å². The lowest BCUT2D eigenvalue weighted by molar-refractivity contribution is -0.157. The molecule has 2 nitrogen and oxygen atoms in total. The smallest absolute Gasteiger partial charge is 0.302 e. The first kappa shape index (κ1) is 29.0. The van der Waals surface area contributed by atoms with E-state index in [2.05, 4.69) is 87.5 Å². The van der Waals surface area contributed by atoms with E-state index >= 15 is 0 Å².